The van der Waals surface area contributed by atoms with Gasteiger partial charge >= 0.3 is 6.09 Å². The topological polar surface area (TPSA) is 54.5 Å². The van der Waals surface area contributed by atoms with Crippen molar-refractivity contribution in [3.05, 3.63) is 71.2 Å². The molecule has 3 atom stereocenters. The fraction of sp³-hybridized carbons (Fsp3) is 0.385. The third kappa shape index (κ3) is 5.56. The molecule has 0 spiro atoms. The van der Waals surface area contributed by atoms with E-state index in [9.17, 15) is 4.79 Å². The third-order valence-corrected chi connectivity index (χ3v) is 7.15. The zero-order valence-electron chi connectivity index (χ0n) is 19.0. The third-order valence-electron chi connectivity index (χ3n) is 6.15. The van der Waals surface area contributed by atoms with Crippen molar-refractivity contribution in [3.63, 3.8) is 0 Å². The van der Waals surface area contributed by atoms with Gasteiger partial charge in [-0.05, 0) is 57.2 Å². The van der Waals surface area contributed by atoms with E-state index in [0.717, 1.165) is 41.3 Å². The number of rotatable bonds is 6. The number of hydrogen-bond donors (Lipinski definition) is 1. The van der Waals surface area contributed by atoms with Gasteiger partial charge in [-0.3, -0.25) is 10.2 Å². The molecule has 5 nitrogen and oxygen atoms in total. The van der Waals surface area contributed by atoms with Crippen LogP contribution in [0.3, 0.4) is 0 Å². The number of ether oxygens (including phenoxy) is 1. The molecule has 1 fully saturated rings. The lowest BCUT2D eigenvalue weighted by Crippen LogP contribution is -2.47. The van der Waals surface area contributed by atoms with Crippen molar-refractivity contribution in [1.29, 1.82) is 0 Å². The molecule has 2 heterocycles. The van der Waals surface area contributed by atoms with Crippen molar-refractivity contribution in [2.75, 3.05) is 11.9 Å². The number of amides is 1. The standard InChI is InChI=1S/C26H31N3O2S/c1-18-17-32-25(27-18)23-11-7-8-12-24(23)28-26(30)31-16-22-13-19(2)29(20(3)14-22)15-21-9-5-4-6-10-21/h4-12,17,19-20,22H,13-16H2,1-3H3,(H,28,30)/t19-,20+,22+. The maximum absolute atomic E-state index is 12.6. The number of aryl methyl sites for hydroxylation is 1. The van der Waals surface area contributed by atoms with E-state index in [4.69, 9.17) is 4.74 Å². The van der Waals surface area contributed by atoms with E-state index in [1.807, 2.05) is 36.6 Å². The highest BCUT2D eigenvalue weighted by molar-refractivity contribution is 7.13. The first-order valence-corrected chi connectivity index (χ1v) is 12.1. The molecule has 3 aromatic rings. The number of nitrogens with one attached hydrogen (secondary N) is 1. The zero-order valence-corrected chi connectivity index (χ0v) is 19.8. The Balaban J connectivity index is 1.31. The number of carbonyl (C=O) groups excluding carboxylic acids is 1. The number of hydrogen-bond acceptors (Lipinski definition) is 5. The molecular weight excluding hydrogens is 418 g/mol. The summed E-state index contributed by atoms with van der Waals surface area (Å²) < 4.78 is 5.65. The van der Waals surface area contributed by atoms with Gasteiger partial charge in [0, 0.05) is 35.3 Å². The molecule has 0 saturated carbocycles. The van der Waals surface area contributed by atoms with Crippen LogP contribution in [0.4, 0.5) is 10.5 Å². The van der Waals surface area contributed by atoms with E-state index in [1.165, 1.54) is 5.56 Å². The van der Waals surface area contributed by atoms with Crippen LogP contribution in [0, 0.1) is 12.8 Å². The van der Waals surface area contributed by atoms with E-state index in [2.05, 4.69) is 59.4 Å². The van der Waals surface area contributed by atoms with Crippen LogP contribution in [0.25, 0.3) is 10.6 Å². The molecule has 32 heavy (non-hydrogen) atoms. The molecule has 1 aliphatic heterocycles. The van der Waals surface area contributed by atoms with Crippen molar-refractivity contribution in [2.45, 2.75) is 52.2 Å². The van der Waals surface area contributed by atoms with Crippen LogP contribution in [-0.4, -0.2) is 34.7 Å². The lowest BCUT2D eigenvalue weighted by Gasteiger charge is -2.42. The SMILES string of the molecule is Cc1csc(-c2ccccc2NC(=O)OC[C@H]2C[C@@H](C)N(Cc3ccccc3)[C@@H](C)C2)n1. The molecule has 1 saturated heterocycles. The van der Waals surface area contributed by atoms with Crippen molar-refractivity contribution >= 4 is 23.1 Å². The molecular formula is C26H31N3O2S. The largest absolute Gasteiger partial charge is 0.449 e. The highest BCUT2D eigenvalue weighted by Gasteiger charge is 2.31. The van der Waals surface area contributed by atoms with Gasteiger partial charge in [-0.2, -0.15) is 0 Å². The maximum atomic E-state index is 12.6. The number of benzene rings is 2. The molecule has 1 N–H and O–H groups in total. The molecule has 4 rings (SSSR count). The van der Waals surface area contributed by atoms with Crippen LogP contribution in [0.15, 0.2) is 60.0 Å². The molecule has 0 bridgehead atoms. The van der Waals surface area contributed by atoms with Gasteiger partial charge < -0.3 is 4.74 Å². The summed E-state index contributed by atoms with van der Waals surface area (Å²) in [7, 11) is 0. The lowest BCUT2D eigenvalue weighted by atomic mass is 9.87. The Labute approximate surface area is 194 Å². The Hall–Kier alpha value is -2.70. The number of piperidine rings is 1. The Morgan fingerprint density at radius 2 is 1.78 bits per heavy atom. The minimum atomic E-state index is -0.405. The van der Waals surface area contributed by atoms with Crippen LogP contribution >= 0.6 is 11.3 Å². The van der Waals surface area contributed by atoms with Gasteiger partial charge in [0.1, 0.15) is 5.01 Å². The number of carbonyl (C=O) groups is 1. The van der Waals surface area contributed by atoms with Crippen molar-refractivity contribution < 1.29 is 9.53 Å². The summed E-state index contributed by atoms with van der Waals surface area (Å²) in [6, 6.07) is 19.2. The number of likely N-dealkylation sites (tertiary alicyclic amines) is 1. The van der Waals surface area contributed by atoms with Crippen molar-refractivity contribution in [2.24, 2.45) is 5.92 Å². The lowest BCUT2D eigenvalue weighted by molar-refractivity contribution is 0.0362. The molecule has 0 aliphatic carbocycles. The molecule has 0 unspecified atom stereocenters. The fourth-order valence-corrected chi connectivity index (χ4v) is 5.44. The second kappa shape index (κ2) is 10.3. The summed E-state index contributed by atoms with van der Waals surface area (Å²) in [5, 5.41) is 5.82. The van der Waals surface area contributed by atoms with Gasteiger partial charge in [-0.25, -0.2) is 9.78 Å². The summed E-state index contributed by atoms with van der Waals surface area (Å²) in [4.78, 5) is 19.6. The molecule has 1 aromatic heterocycles. The van der Waals surface area contributed by atoms with Crippen LogP contribution in [0.2, 0.25) is 0 Å². The Morgan fingerprint density at radius 3 is 2.47 bits per heavy atom. The molecule has 2 aromatic carbocycles. The summed E-state index contributed by atoms with van der Waals surface area (Å²) in [6.45, 7) is 7.93. The minimum Gasteiger partial charge on any atom is -0.449 e. The monoisotopic (exact) mass is 449 g/mol. The second-order valence-electron chi connectivity index (χ2n) is 8.76. The van der Waals surface area contributed by atoms with E-state index < -0.39 is 6.09 Å². The highest BCUT2D eigenvalue weighted by Crippen LogP contribution is 2.31. The summed E-state index contributed by atoms with van der Waals surface area (Å²) in [6.07, 6.45) is 1.65. The van der Waals surface area contributed by atoms with Crippen LogP contribution < -0.4 is 5.32 Å². The van der Waals surface area contributed by atoms with E-state index in [0.29, 0.717) is 24.6 Å². The molecule has 6 heteroatoms. The average molecular weight is 450 g/mol. The Kier molecular flexibility index (Phi) is 7.22. The second-order valence-corrected chi connectivity index (χ2v) is 9.61. The Morgan fingerprint density at radius 1 is 1.09 bits per heavy atom. The summed E-state index contributed by atoms with van der Waals surface area (Å²) in [5.41, 5.74) is 3.96. The average Bonchev–Trinajstić information content (AvgIpc) is 3.22. The van der Waals surface area contributed by atoms with Gasteiger partial charge in [0.2, 0.25) is 0 Å². The van der Waals surface area contributed by atoms with E-state index in [-0.39, 0.29) is 0 Å². The number of para-hydroxylation sites is 1. The molecule has 0 radical (unpaired) electrons. The van der Waals surface area contributed by atoms with Gasteiger partial charge in [0.05, 0.1) is 12.3 Å². The Bertz CT molecular complexity index is 1020. The summed E-state index contributed by atoms with van der Waals surface area (Å²) >= 11 is 1.57. The fourth-order valence-electron chi connectivity index (χ4n) is 4.60. The number of thiazole rings is 1. The number of anilines is 1. The normalized spacial score (nSPS) is 21.3. The maximum Gasteiger partial charge on any atom is 0.411 e. The number of aromatic nitrogens is 1. The first kappa shape index (κ1) is 22.5. The minimum absolute atomic E-state index is 0.370. The highest BCUT2D eigenvalue weighted by atomic mass is 32.1. The first-order chi connectivity index (χ1) is 15.5. The van der Waals surface area contributed by atoms with Crippen LogP contribution in [0.5, 0.6) is 0 Å². The predicted octanol–water partition coefficient (Wildman–Crippen LogP) is 6.36. The van der Waals surface area contributed by atoms with Crippen molar-refractivity contribution in [1.82, 2.24) is 9.88 Å². The van der Waals surface area contributed by atoms with Gasteiger partial charge in [-0.15, -0.1) is 11.3 Å². The van der Waals surface area contributed by atoms with Gasteiger partial charge in [0.15, 0.2) is 0 Å². The molecule has 1 amide bonds. The molecule has 1 aliphatic rings. The van der Waals surface area contributed by atoms with Gasteiger partial charge in [-0.1, -0.05) is 42.5 Å². The van der Waals surface area contributed by atoms with Gasteiger partial charge in [0.25, 0.3) is 0 Å². The first-order valence-electron chi connectivity index (χ1n) is 11.2. The van der Waals surface area contributed by atoms with Crippen molar-refractivity contribution in [3.8, 4) is 10.6 Å². The van der Waals surface area contributed by atoms with E-state index >= 15 is 0 Å². The van der Waals surface area contributed by atoms with Crippen LogP contribution in [-0.2, 0) is 11.3 Å². The van der Waals surface area contributed by atoms with Crippen LogP contribution in [0.1, 0.15) is 37.9 Å². The molecule has 168 valence electrons. The quantitative estimate of drug-likeness (QED) is 0.476. The zero-order chi connectivity index (χ0) is 22.5. The van der Waals surface area contributed by atoms with E-state index in [1.54, 1.807) is 11.3 Å². The smallest absolute Gasteiger partial charge is 0.411 e. The summed E-state index contributed by atoms with van der Waals surface area (Å²) in [5.74, 6) is 0.370. The predicted molar refractivity (Wildman–Crippen MR) is 131 cm³/mol. The number of nitrogens with zero attached hydrogens (tertiary/aromatic N) is 2.